The van der Waals surface area contributed by atoms with E-state index in [9.17, 15) is 4.79 Å². The zero-order chi connectivity index (χ0) is 22.7. The number of ether oxygens (including phenoxy) is 3. The lowest BCUT2D eigenvalue weighted by atomic mass is 9.85. The average Bonchev–Trinajstić information content (AvgIpc) is 3.14. The Labute approximate surface area is 185 Å². The topological polar surface area (TPSA) is 100 Å². The summed E-state index contributed by atoms with van der Waals surface area (Å²) in [6.45, 7) is 4.42. The molecule has 0 bridgehead atoms. The number of benzene rings is 1. The summed E-state index contributed by atoms with van der Waals surface area (Å²) in [7, 11) is 1.52. The summed E-state index contributed by atoms with van der Waals surface area (Å²) >= 11 is 0. The second-order valence-electron chi connectivity index (χ2n) is 7.13. The lowest BCUT2D eigenvalue weighted by molar-refractivity contribution is -0.116. The van der Waals surface area contributed by atoms with Gasteiger partial charge in [0.2, 0.25) is 11.8 Å². The van der Waals surface area contributed by atoms with E-state index in [1.807, 2.05) is 32.0 Å². The van der Waals surface area contributed by atoms with Gasteiger partial charge in [-0.1, -0.05) is 12.0 Å². The Hall–Kier alpha value is -4.06. The van der Waals surface area contributed by atoms with Crippen molar-refractivity contribution in [1.29, 1.82) is 0 Å². The first-order valence-corrected chi connectivity index (χ1v) is 10.2. The molecule has 32 heavy (non-hydrogen) atoms. The fourth-order valence-electron chi connectivity index (χ4n) is 3.78. The quantitative estimate of drug-likeness (QED) is 0.572. The number of hydrogen-bond acceptors (Lipinski definition) is 7. The lowest BCUT2D eigenvalue weighted by Crippen LogP contribution is -2.25. The molecule has 9 nitrogen and oxygen atoms in total. The second-order valence-corrected chi connectivity index (χ2v) is 7.13. The van der Waals surface area contributed by atoms with Crippen molar-refractivity contribution in [2.45, 2.75) is 26.2 Å². The van der Waals surface area contributed by atoms with Crippen LogP contribution in [0.25, 0.3) is 5.82 Å². The van der Waals surface area contributed by atoms with E-state index in [0.29, 0.717) is 35.6 Å². The predicted octanol–water partition coefficient (Wildman–Crippen LogP) is 2.86. The van der Waals surface area contributed by atoms with Crippen molar-refractivity contribution >= 4 is 11.7 Å². The van der Waals surface area contributed by atoms with Crippen LogP contribution < -0.4 is 19.5 Å². The molecular formula is C23H23N5O4. The number of rotatable bonds is 7. The van der Waals surface area contributed by atoms with Gasteiger partial charge in [-0.3, -0.25) is 4.79 Å². The van der Waals surface area contributed by atoms with E-state index in [4.69, 9.17) is 20.6 Å². The highest BCUT2D eigenvalue weighted by Crippen LogP contribution is 2.42. The summed E-state index contributed by atoms with van der Waals surface area (Å²) in [5, 5.41) is 15.7. The number of aryl methyl sites for hydroxylation is 1. The van der Waals surface area contributed by atoms with Crippen molar-refractivity contribution in [2.75, 3.05) is 25.6 Å². The summed E-state index contributed by atoms with van der Waals surface area (Å²) in [4.78, 5) is 12.6. The third-order valence-electron chi connectivity index (χ3n) is 5.14. The second kappa shape index (κ2) is 8.98. The first kappa shape index (κ1) is 21.2. The van der Waals surface area contributed by atoms with Gasteiger partial charge in [0.15, 0.2) is 17.3 Å². The highest BCUT2D eigenvalue weighted by molar-refractivity contribution is 5.95. The normalized spacial score (nSPS) is 14.8. The van der Waals surface area contributed by atoms with Crippen LogP contribution in [0.3, 0.4) is 0 Å². The van der Waals surface area contributed by atoms with Gasteiger partial charge in [0.05, 0.1) is 19.4 Å². The van der Waals surface area contributed by atoms with Crippen LogP contribution in [0.4, 0.5) is 5.82 Å². The first-order valence-electron chi connectivity index (χ1n) is 10.2. The van der Waals surface area contributed by atoms with Crippen LogP contribution in [-0.2, 0) is 4.79 Å². The van der Waals surface area contributed by atoms with Gasteiger partial charge in [-0.2, -0.15) is 9.78 Å². The Balaban J connectivity index is 1.77. The number of terminal acetylenes is 1. The van der Waals surface area contributed by atoms with Crippen LogP contribution in [-0.4, -0.2) is 46.2 Å². The molecule has 2 aromatic heterocycles. The van der Waals surface area contributed by atoms with Crippen molar-refractivity contribution < 1.29 is 19.0 Å². The Morgan fingerprint density at radius 3 is 2.75 bits per heavy atom. The minimum atomic E-state index is -0.209. The molecule has 0 saturated carbocycles. The molecule has 0 aliphatic carbocycles. The third-order valence-corrected chi connectivity index (χ3v) is 5.14. The smallest absolute Gasteiger partial charge is 0.233 e. The maximum atomic E-state index is 12.6. The summed E-state index contributed by atoms with van der Waals surface area (Å²) in [5.41, 5.74) is 2.62. The van der Waals surface area contributed by atoms with E-state index >= 15 is 0 Å². The summed E-state index contributed by atoms with van der Waals surface area (Å²) in [6, 6.07) is 9.06. The molecule has 1 atom stereocenters. The largest absolute Gasteiger partial charge is 0.490 e. The molecule has 1 aliphatic heterocycles. The predicted molar refractivity (Wildman–Crippen MR) is 117 cm³/mol. The van der Waals surface area contributed by atoms with Gasteiger partial charge in [-0.25, -0.2) is 0 Å². The maximum absolute atomic E-state index is 12.6. The van der Waals surface area contributed by atoms with Gasteiger partial charge in [0.1, 0.15) is 12.4 Å². The molecule has 4 rings (SSSR count). The standard InChI is InChI=1S/C23H23N5O4/c1-5-11-32-17-8-7-15(12-18(17)31-6-2)16-13-20(29)24-23-22(16)14(3)27-28(23)19-9-10-21(30-4)26-25-19/h1,7-10,12,16H,6,11,13H2,2-4H3,(H,24,29). The van der Waals surface area contributed by atoms with E-state index in [0.717, 1.165) is 16.8 Å². The monoisotopic (exact) mass is 433 g/mol. The number of fused-ring (bicyclic) bond motifs is 1. The van der Waals surface area contributed by atoms with Crippen molar-refractivity contribution in [3.63, 3.8) is 0 Å². The fraction of sp³-hybridized carbons (Fsp3) is 0.304. The number of methoxy groups -OCH3 is 1. The zero-order valence-corrected chi connectivity index (χ0v) is 18.1. The van der Waals surface area contributed by atoms with Crippen LogP contribution >= 0.6 is 0 Å². The third kappa shape index (κ3) is 3.95. The Kier molecular flexibility index (Phi) is 5.94. The molecule has 1 aromatic carbocycles. The Morgan fingerprint density at radius 1 is 1.22 bits per heavy atom. The number of hydrogen-bond donors (Lipinski definition) is 1. The van der Waals surface area contributed by atoms with Crippen LogP contribution in [0, 0.1) is 19.3 Å². The van der Waals surface area contributed by atoms with Gasteiger partial charge >= 0.3 is 0 Å². The lowest BCUT2D eigenvalue weighted by Gasteiger charge is -2.25. The SMILES string of the molecule is C#CCOc1ccc(C2CC(=O)Nc3c2c(C)nn3-c2ccc(OC)nn2)cc1OCC. The molecule has 1 aliphatic rings. The highest BCUT2D eigenvalue weighted by atomic mass is 16.5. The number of nitrogens with one attached hydrogen (secondary N) is 1. The molecule has 164 valence electrons. The number of aromatic nitrogens is 4. The summed E-state index contributed by atoms with van der Waals surface area (Å²) in [5.74, 6) is 4.72. The molecule has 0 saturated heterocycles. The average molecular weight is 433 g/mol. The number of carbonyl (C=O) groups is 1. The van der Waals surface area contributed by atoms with E-state index in [1.165, 1.54) is 7.11 Å². The van der Waals surface area contributed by atoms with E-state index < -0.39 is 0 Å². The molecule has 1 unspecified atom stereocenters. The summed E-state index contributed by atoms with van der Waals surface area (Å²) in [6.07, 6.45) is 5.59. The van der Waals surface area contributed by atoms with Crippen LogP contribution in [0.1, 0.15) is 36.1 Å². The number of amides is 1. The van der Waals surface area contributed by atoms with Crippen molar-refractivity contribution in [3.05, 3.63) is 47.2 Å². The molecule has 3 heterocycles. The summed E-state index contributed by atoms with van der Waals surface area (Å²) < 4.78 is 18.0. The van der Waals surface area contributed by atoms with Crippen molar-refractivity contribution in [1.82, 2.24) is 20.0 Å². The van der Waals surface area contributed by atoms with Crippen LogP contribution in [0.15, 0.2) is 30.3 Å². The molecule has 0 radical (unpaired) electrons. The molecule has 1 amide bonds. The Morgan fingerprint density at radius 2 is 2.06 bits per heavy atom. The van der Waals surface area contributed by atoms with E-state index in [1.54, 1.807) is 16.8 Å². The van der Waals surface area contributed by atoms with Gasteiger partial charge in [-0.15, -0.1) is 16.6 Å². The molecule has 0 fully saturated rings. The van der Waals surface area contributed by atoms with Crippen molar-refractivity contribution in [3.8, 4) is 35.5 Å². The van der Waals surface area contributed by atoms with E-state index in [2.05, 4.69) is 26.5 Å². The van der Waals surface area contributed by atoms with E-state index in [-0.39, 0.29) is 24.9 Å². The zero-order valence-electron chi connectivity index (χ0n) is 18.1. The number of carbonyl (C=O) groups excluding carboxylic acids is 1. The maximum Gasteiger partial charge on any atom is 0.233 e. The number of anilines is 1. The van der Waals surface area contributed by atoms with Crippen LogP contribution in [0.2, 0.25) is 0 Å². The Bertz CT molecular complexity index is 1180. The highest BCUT2D eigenvalue weighted by Gasteiger charge is 2.33. The van der Waals surface area contributed by atoms with Gasteiger partial charge in [0, 0.05) is 24.0 Å². The minimum Gasteiger partial charge on any atom is -0.490 e. The molecule has 0 spiro atoms. The van der Waals surface area contributed by atoms with Crippen molar-refractivity contribution in [2.24, 2.45) is 0 Å². The molecule has 3 aromatic rings. The molecule has 1 N–H and O–H groups in total. The number of nitrogens with zero attached hydrogens (tertiary/aromatic N) is 4. The molecular weight excluding hydrogens is 410 g/mol. The minimum absolute atomic E-state index is 0.115. The van der Waals surface area contributed by atoms with Gasteiger partial charge < -0.3 is 19.5 Å². The first-order chi connectivity index (χ1) is 15.5. The van der Waals surface area contributed by atoms with Gasteiger partial charge in [-0.05, 0) is 37.6 Å². The van der Waals surface area contributed by atoms with Crippen LogP contribution in [0.5, 0.6) is 17.4 Å². The molecule has 9 heteroatoms. The fourth-order valence-corrected chi connectivity index (χ4v) is 3.78. The van der Waals surface area contributed by atoms with Gasteiger partial charge in [0.25, 0.3) is 0 Å².